The average Bonchev–Trinajstić information content (AvgIpc) is 1.94. The second kappa shape index (κ2) is 2.78. The molecule has 0 bridgehead atoms. The van der Waals surface area contributed by atoms with Crippen molar-refractivity contribution in [3.8, 4) is 5.75 Å². The van der Waals surface area contributed by atoms with E-state index in [1.54, 1.807) is 7.11 Å². The normalized spacial score (nSPS) is 9.40. The maximum absolute atomic E-state index is 5.52. The van der Waals surface area contributed by atoms with E-state index in [2.05, 4.69) is 0 Å². The van der Waals surface area contributed by atoms with Gasteiger partial charge in [-0.1, -0.05) is 17.6 Å². The number of hydrogen-bond acceptors (Lipinski definition) is 1. The molecule has 0 saturated carbocycles. The van der Waals surface area contributed by atoms with Crippen molar-refractivity contribution in [2.24, 2.45) is 0 Å². The van der Waals surface area contributed by atoms with Gasteiger partial charge in [0.25, 0.3) is 0 Å². The quantitative estimate of drug-likeness (QED) is 0.513. The van der Waals surface area contributed by atoms with Crippen LogP contribution in [0.4, 0.5) is 0 Å². The zero-order valence-electron chi connectivity index (χ0n) is 6.22. The molecule has 1 aromatic rings. The van der Waals surface area contributed by atoms with E-state index in [1.807, 2.05) is 25.1 Å². The zero-order valence-corrected chi connectivity index (χ0v) is 6.22. The Hall–Kier alpha value is -0.915. The molecule has 0 aromatic heterocycles. The Labute approximate surface area is 62.4 Å². The van der Waals surface area contributed by atoms with Crippen molar-refractivity contribution in [3.63, 3.8) is 0 Å². The van der Waals surface area contributed by atoms with Gasteiger partial charge in [-0.05, 0) is 18.6 Å². The lowest BCUT2D eigenvalue weighted by Crippen LogP contribution is -2.02. The second-order valence-corrected chi connectivity index (χ2v) is 2.23. The third kappa shape index (κ3) is 1.32. The van der Waals surface area contributed by atoms with Gasteiger partial charge in [0.2, 0.25) is 0 Å². The minimum Gasteiger partial charge on any atom is -0.497 e. The first kappa shape index (κ1) is 7.20. The molecule has 0 atom stereocenters. The van der Waals surface area contributed by atoms with Crippen molar-refractivity contribution >= 4 is 13.3 Å². The summed E-state index contributed by atoms with van der Waals surface area (Å²) in [6.07, 6.45) is 0. The molecule has 0 fully saturated rings. The molecule has 0 aliphatic carbocycles. The number of ether oxygens (including phenoxy) is 1. The van der Waals surface area contributed by atoms with E-state index in [0.29, 0.717) is 0 Å². The van der Waals surface area contributed by atoms with Crippen LogP contribution in [-0.4, -0.2) is 15.0 Å². The number of rotatable bonds is 1. The molecule has 0 heterocycles. The van der Waals surface area contributed by atoms with Gasteiger partial charge >= 0.3 is 0 Å². The van der Waals surface area contributed by atoms with Crippen LogP contribution in [0.25, 0.3) is 0 Å². The van der Waals surface area contributed by atoms with Gasteiger partial charge in [0.1, 0.15) is 13.6 Å². The Morgan fingerprint density at radius 1 is 1.40 bits per heavy atom. The summed E-state index contributed by atoms with van der Waals surface area (Å²) in [6, 6.07) is 5.61. The first-order chi connectivity index (χ1) is 4.74. The van der Waals surface area contributed by atoms with Crippen molar-refractivity contribution in [2.45, 2.75) is 6.92 Å². The standard InChI is InChI=1S/C8H9BO/c1-6-3-4-7(9)5-8(6)10-2/h3-5H,1-2H3. The Balaban J connectivity index is 3.09. The summed E-state index contributed by atoms with van der Waals surface area (Å²) in [4.78, 5) is 0. The molecule has 1 rings (SSSR count). The number of hydrogen-bond donors (Lipinski definition) is 0. The summed E-state index contributed by atoms with van der Waals surface area (Å²) in [5.41, 5.74) is 1.85. The number of benzene rings is 1. The predicted molar refractivity (Wildman–Crippen MR) is 43.1 cm³/mol. The van der Waals surface area contributed by atoms with Crippen LogP contribution < -0.4 is 10.2 Å². The Kier molecular flexibility index (Phi) is 2.00. The Morgan fingerprint density at radius 3 is 2.60 bits per heavy atom. The highest BCUT2D eigenvalue weighted by Gasteiger charge is 1.94. The monoisotopic (exact) mass is 132 g/mol. The molecular formula is C8H9BO. The maximum atomic E-state index is 5.52. The molecule has 0 unspecified atom stereocenters. The van der Waals surface area contributed by atoms with Crippen molar-refractivity contribution in [2.75, 3.05) is 7.11 Å². The lowest BCUT2D eigenvalue weighted by molar-refractivity contribution is 0.412. The highest BCUT2D eigenvalue weighted by molar-refractivity contribution is 6.32. The highest BCUT2D eigenvalue weighted by Crippen LogP contribution is 2.13. The van der Waals surface area contributed by atoms with Crippen LogP contribution in [0.3, 0.4) is 0 Å². The minimum atomic E-state index is 0.738. The Bertz CT molecular complexity index is 233. The van der Waals surface area contributed by atoms with Gasteiger partial charge in [-0.15, -0.1) is 0 Å². The van der Waals surface area contributed by atoms with E-state index in [0.717, 1.165) is 16.8 Å². The summed E-state index contributed by atoms with van der Waals surface area (Å²) in [5, 5.41) is 0. The lowest BCUT2D eigenvalue weighted by Gasteiger charge is -2.03. The molecule has 0 saturated heterocycles. The van der Waals surface area contributed by atoms with E-state index in [9.17, 15) is 0 Å². The summed E-state index contributed by atoms with van der Waals surface area (Å²) < 4.78 is 5.05. The molecular weight excluding hydrogens is 123 g/mol. The van der Waals surface area contributed by atoms with Crippen molar-refractivity contribution in [1.29, 1.82) is 0 Å². The lowest BCUT2D eigenvalue weighted by atomic mass is 9.95. The van der Waals surface area contributed by atoms with Gasteiger partial charge < -0.3 is 4.74 Å². The van der Waals surface area contributed by atoms with Crippen LogP contribution in [0.5, 0.6) is 5.75 Å². The summed E-state index contributed by atoms with van der Waals surface area (Å²) >= 11 is 0. The fourth-order valence-electron chi connectivity index (χ4n) is 0.837. The molecule has 1 nitrogen and oxygen atoms in total. The SMILES string of the molecule is [B]c1ccc(C)c(OC)c1. The van der Waals surface area contributed by atoms with E-state index in [1.165, 1.54) is 0 Å². The zero-order chi connectivity index (χ0) is 7.56. The van der Waals surface area contributed by atoms with Gasteiger partial charge in [0, 0.05) is 0 Å². The molecule has 0 N–H and O–H groups in total. The molecule has 50 valence electrons. The minimum absolute atomic E-state index is 0.738. The fourth-order valence-corrected chi connectivity index (χ4v) is 0.837. The Morgan fingerprint density at radius 2 is 2.10 bits per heavy atom. The third-order valence-corrected chi connectivity index (χ3v) is 1.43. The third-order valence-electron chi connectivity index (χ3n) is 1.43. The van der Waals surface area contributed by atoms with Crippen molar-refractivity contribution in [1.82, 2.24) is 0 Å². The van der Waals surface area contributed by atoms with E-state index < -0.39 is 0 Å². The predicted octanol–water partition coefficient (Wildman–Crippen LogP) is 0.797. The molecule has 2 radical (unpaired) electrons. The molecule has 0 aliphatic rings. The average molecular weight is 132 g/mol. The van der Waals surface area contributed by atoms with Crippen LogP contribution in [0.15, 0.2) is 18.2 Å². The van der Waals surface area contributed by atoms with Crippen LogP contribution in [0.1, 0.15) is 5.56 Å². The van der Waals surface area contributed by atoms with Crippen LogP contribution >= 0.6 is 0 Å². The molecule has 1 aromatic carbocycles. The van der Waals surface area contributed by atoms with Crippen molar-refractivity contribution < 1.29 is 4.74 Å². The van der Waals surface area contributed by atoms with Crippen molar-refractivity contribution in [3.05, 3.63) is 23.8 Å². The van der Waals surface area contributed by atoms with E-state index >= 15 is 0 Å². The molecule has 2 heteroatoms. The summed E-state index contributed by atoms with van der Waals surface area (Å²) in [7, 11) is 7.16. The molecule has 0 aliphatic heterocycles. The number of aryl methyl sites for hydroxylation is 1. The van der Waals surface area contributed by atoms with Crippen LogP contribution in [0.2, 0.25) is 0 Å². The van der Waals surface area contributed by atoms with E-state index in [4.69, 9.17) is 12.6 Å². The maximum Gasteiger partial charge on any atom is 0.121 e. The van der Waals surface area contributed by atoms with Gasteiger partial charge in [-0.2, -0.15) is 0 Å². The van der Waals surface area contributed by atoms with Crippen LogP contribution in [-0.2, 0) is 0 Å². The summed E-state index contributed by atoms with van der Waals surface area (Å²) in [5.74, 6) is 0.847. The first-order valence-corrected chi connectivity index (χ1v) is 3.14. The molecule has 0 spiro atoms. The number of methoxy groups -OCH3 is 1. The van der Waals surface area contributed by atoms with E-state index in [-0.39, 0.29) is 0 Å². The van der Waals surface area contributed by atoms with Gasteiger partial charge in [0.15, 0.2) is 0 Å². The second-order valence-electron chi connectivity index (χ2n) is 2.23. The highest BCUT2D eigenvalue weighted by atomic mass is 16.5. The van der Waals surface area contributed by atoms with Gasteiger partial charge in [0.05, 0.1) is 7.11 Å². The van der Waals surface area contributed by atoms with Gasteiger partial charge in [-0.3, -0.25) is 0 Å². The largest absolute Gasteiger partial charge is 0.497 e. The smallest absolute Gasteiger partial charge is 0.121 e. The fraction of sp³-hybridized carbons (Fsp3) is 0.250. The first-order valence-electron chi connectivity index (χ1n) is 3.14. The topological polar surface area (TPSA) is 9.23 Å². The summed E-state index contributed by atoms with van der Waals surface area (Å²) in [6.45, 7) is 1.98. The van der Waals surface area contributed by atoms with Crippen LogP contribution in [0, 0.1) is 6.92 Å². The van der Waals surface area contributed by atoms with Gasteiger partial charge in [-0.25, -0.2) is 0 Å². The molecule has 10 heavy (non-hydrogen) atoms. The molecule has 0 amide bonds.